The van der Waals surface area contributed by atoms with Gasteiger partial charge in [-0.05, 0) is 65.3 Å². The summed E-state index contributed by atoms with van der Waals surface area (Å²) in [5.74, 6) is 0.480. The van der Waals surface area contributed by atoms with Crippen LogP contribution in [-0.4, -0.2) is 5.78 Å². The molecular weight excluding hydrogens is 373 g/mol. The Balaban J connectivity index is 1.88. The maximum Gasteiger partial charge on any atom is 0.138 e. The molecule has 0 saturated heterocycles. The summed E-state index contributed by atoms with van der Waals surface area (Å²) >= 11 is 2.30. The summed E-state index contributed by atoms with van der Waals surface area (Å²) in [5, 5.41) is 3.57. The lowest BCUT2D eigenvalue weighted by Gasteiger charge is -2.25. The summed E-state index contributed by atoms with van der Waals surface area (Å²) in [6, 6.07) is 18.7. The molecule has 2 nitrogen and oxygen atoms in total. The highest BCUT2D eigenvalue weighted by Crippen LogP contribution is 2.35. The van der Waals surface area contributed by atoms with Crippen molar-refractivity contribution in [3.63, 3.8) is 0 Å². The topological polar surface area (TPSA) is 29.1 Å². The summed E-state index contributed by atoms with van der Waals surface area (Å²) in [4.78, 5) is 12.2. The van der Waals surface area contributed by atoms with E-state index in [2.05, 4.69) is 64.3 Å². The second-order valence-corrected chi connectivity index (χ2v) is 6.75. The van der Waals surface area contributed by atoms with Gasteiger partial charge in [0.1, 0.15) is 5.78 Å². The van der Waals surface area contributed by atoms with Gasteiger partial charge in [-0.25, -0.2) is 0 Å². The second kappa shape index (κ2) is 6.60. The normalized spacial score (nSPS) is 19.5. The zero-order chi connectivity index (χ0) is 14.7. The fraction of sp³-hybridized carbons (Fsp3) is 0.278. The van der Waals surface area contributed by atoms with Crippen LogP contribution in [0.5, 0.6) is 0 Å². The molecule has 0 amide bonds. The third-order valence-electron chi connectivity index (χ3n) is 4.08. The Kier molecular flexibility index (Phi) is 4.58. The molecule has 3 rings (SSSR count). The van der Waals surface area contributed by atoms with Gasteiger partial charge in [0, 0.05) is 21.6 Å². The Morgan fingerprint density at radius 3 is 2.38 bits per heavy atom. The molecule has 0 aliphatic heterocycles. The molecule has 0 unspecified atom stereocenters. The van der Waals surface area contributed by atoms with Gasteiger partial charge < -0.3 is 5.32 Å². The van der Waals surface area contributed by atoms with Gasteiger partial charge in [-0.1, -0.05) is 30.3 Å². The van der Waals surface area contributed by atoms with E-state index in [1.807, 2.05) is 18.2 Å². The van der Waals surface area contributed by atoms with Crippen molar-refractivity contribution < 1.29 is 4.79 Å². The Hall–Kier alpha value is -1.36. The summed E-state index contributed by atoms with van der Waals surface area (Å²) in [6.07, 6.45) is 2.72. The zero-order valence-corrected chi connectivity index (χ0v) is 13.9. The molecule has 21 heavy (non-hydrogen) atoms. The van der Waals surface area contributed by atoms with Crippen LogP contribution in [0.2, 0.25) is 0 Å². The van der Waals surface area contributed by atoms with E-state index in [0.717, 1.165) is 24.9 Å². The third-order valence-corrected chi connectivity index (χ3v) is 4.80. The molecule has 0 aromatic heterocycles. The number of anilines is 1. The van der Waals surface area contributed by atoms with Gasteiger partial charge in [-0.2, -0.15) is 0 Å². The molecule has 0 radical (unpaired) electrons. The monoisotopic (exact) mass is 391 g/mol. The number of carbonyl (C=O) groups is 1. The van der Waals surface area contributed by atoms with E-state index in [1.165, 1.54) is 9.13 Å². The van der Waals surface area contributed by atoms with Crippen LogP contribution in [0.4, 0.5) is 5.69 Å². The fourth-order valence-electron chi connectivity index (χ4n) is 3.00. The van der Waals surface area contributed by atoms with E-state index < -0.39 is 0 Å². The zero-order valence-electron chi connectivity index (χ0n) is 11.8. The van der Waals surface area contributed by atoms with Crippen LogP contribution in [-0.2, 0) is 4.79 Å². The molecular formula is C18H18INO. The second-order valence-electron chi connectivity index (χ2n) is 5.50. The predicted octanol–water partition coefficient (Wildman–Crippen LogP) is 4.81. The van der Waals surface area contributed by atoms with Crippen LogP contribution >= 0.6 is 22.6 Å². The van der Waals surface area contributed by atoms with Crippen molar-refractivity contribution in [3.8, 4) is 0 Å². The standard InChI is InChI=1S/C18H18INO/c19-14-9-11-15(12-10-14)20-18(13-5-2-1-3-6-13)16-7-4-8-17(16)21/h1-3,5-6,9-12,16,18,20H,4,7-8H2/t16-,18-/m0/s1. The lowest BCUT2D eigenvalue weighted by molar-refractivity contribution is -0.121. The quantitative estimate of drug-likeness (QED) is 0.758. The van der Waals surface area contributed by atoms with E-state index in [0.29, 0.717) is 5.78 Å². The van der Waals surface area contributed by atoms with Crippen molar-refractivity contribution in [1.29, 1.82) is 0 Å². The minimum Gasteiger partial charge on any atom is -0.378 e. The SMILES string of the molecule is O=C1CCC[C@@H]1[C@@H](Nc1ccc(I)cc1)c1ccccc1. The molecule has 1 fully saturated rings. The number of benzene rings is 2. The van der Waals surface area contributed by atoms with Gasteiger partial charge in [0.25, 0.3) is 0 Å². The highest BCUT2D eigenvalue weighted by molar-refractivity contribution is 14.1. The van der Waals surface area contributed by atoms with E-state index in [-0.39, 0.29) is 12.0 Å². The smallest absolute Gasteiger partial charge is 0.138 e. The maximum absolute atomic E-state index is 12.2. The van der Waals surface area contributed by atoms with Gasteiger partial charge in [0.05, 0.1) is 6.04 Å². The average Bonchev–Trinajstić information content (AvgIpc) is 2.93. The minimum absolute atomic E-state index is 0.0706. The molecule has 3 heteroatoms. The number of hydrogen-bond donors (Lipinski definition) is 1. The van der Waals surface area contributed by atoms with Crippen molar-refractivity contribution in [2.75, 3.05) is 5.32 Å². The largest absolute Gasteiger partial charge is 0.378 e. The molecule has 0 heterocycles. The molecule has 0 bridgehead atoms. The number of carbonyl (C=O) groups excluding carboxylic acids is 1. The molecule has 0 spiro atoms. The third kappa shape index (κ3) is 3.46. The van der Waals surface area contributed by atoms with E-state index in [4.69, 9.17) is 0 Å². The van der Waals surface area contributed by atoms with Crippen molar-refractivity contribution in [3.05, 3.63) is 63.7 Å². The molecule has 2 atom stereocenters. The van der Waals surface area contributed by atoms with E-state index in [1.54, 1.807) is 0 Å². The molecule has 1 saturated carbocycles. The molecule has 1 aliphatic carbocycles. The van der Waals surface area contributed by atoms with Crippen LogP contribution in [0.15, 0.2) is 54.6 Å². The predicted molar refractivity (Wildman–Crippen MR) is 94.3 cm³/mol. The summed E-state index contributed by atoms with van der Waals surface area (Å²) in [7, 11) is 0. The molecule has 108 valence electrons. The van der Waals surface area contributed by atoms with Gasteiger partial charge in [-0.3, -0.25) is 4.79 Å². The van der Waals surface area contributed by atoms with Crippen LogP contribution in [0.3, 0.4) is 0 Å². The number of hydrogen-bond acceptors (Lipinski definition) is 2. The van der Waals surface area contributed by atoms with Crippen molar-refractivity contribution in [1.82, 2.24) is 0 Å². The van der Waals surface area contributed by atoms with Crippen molar-refractivity contribution in [2.24, 2.45) is 5.92 Å². The van der Waals surface area contributed by atoms with Gasteiger partial charge >= 0.3 is 0 Å². The van der Waals surface area contributed by atoms with E-state index in [9.17, 15) is 4.79 Å². The Morgan fingerprint density at radius 2 is 1.76 bits per heavy atom. The molecule has 1 aliphatic rings. The van der Waals surface area contributed by atoms with Crippen LogP contribution in [0, 0.1) is 9.49 Å². The molecule has 2 aromatic rings. The van der Waals surface area contributed by atoms with Crippen LogP contribution in [0.1, 0.15) is 30.9 Å². The maximum atomic E-state index is 12.2. The summed E-state index contributed by atoms with van der Waals surface area (Å²) in [5.41, 5.74) is 2.26. The summed E-state index contributed by atoms with van der Waals surface area (Å²) in [6.45, 7) is 0. The highest BCUT2D eigenvalue weighted by atomic mass is 127. The van der Waals surface area contributed by atoms with Crippen molar-refractivity contribution >= 4 is 34.1 Å². The summed E-state index contributed by atoms with van der Waals surface area (Å²) < 4.78 is 1.21. The lowest BCUT2D eigenvalue weighted by atomic mass is 9.90. The Morgan fingerprint density at radius 1 is 1.05 bits per heavy atom. The number of Topliss-reactive ketones (excluding diaryl/α,β-unsaturated/α-hetero) is 1. The first-order chi connectivity index (χ1) is 10.2. The first-order valence-electron chi connectivity index (χ1n) is 7.34. The number of halogens is 1. The molecule has 1 N–H and O–H groups in total. The van der Waals surface area contributed by atoms with E-state index >= 15 is 0 Å². The first kappa shape index (κ1) is 14.6. The number of rotatable bonds is 4. The highest BCUT2D eigenvalue weighted by Gasteiger charge is 2.32. The lowest BCUT2D eigenvalue weighted by Crippen LogP contribution is -2.24. The average molecular weight is 391 g/mol. The number of nitrogens with one attached hydrogen (secondary N) is 1. The van der Waals surface area contributed by atoms with Gasteiger partial charge in [0.2, 0.25) is 0 Å². The number of ketones is 1. The Labute approximate surface area is 139 Å². The van der Waals surface area contributed by atoms with Gasteiger partial charge in [-0.15, -0.1) is 0 Å². The Bertz CT molecular complexity index is 609. The van der Waals surface area contributed by atoms with Crippen LogP contribution in [0.25, 0.3) is 0 Å². The first-order valence-corrected chi connectivity index (χ1v) is 8.42. The minimum atomic E-state index is 0.0706. The molecule has 2 aromatic carbocycles. The van der Waals surface area contributed by atoms with Gasteiger partial charge in [0.15, 0.2) is 0 Å². The van der Waals surface area contributed by atoms with Crippen molar-refractivity contribution in [2.45, 2.75) is 25.3 Å². The fourth-order valence-corrected chi connectivity index (χ4v) is 3.36. The van der Waals surface area contributed by atoms with Crippen LogP contribution < -0.4 is 5.32 Å².